The second kappa shape index (κ2) is 7.55. The fourth-order valence-electron chi connectivity index (χ4n) is 3.20. The van der Waals surface area contributed by atoms with Crippen LogP contribution in [0.2, 0.25) is 0 Å². The number of anilines is 2. The van der Waals surface area contributed by atoms with Crippen LogP contribution in [0.5, 0.6) is 0 Å². The monoisotopic (exact) mass is 409 g/mol. The van der Waals surface area contributed by atoms with Gasteiger partial charge in [0.05, 0.1) is 27.9 Å². The highest BCUT2D eigenvalue weighted by molar-refractivity contribution is 6.24. The van der Waals surface area contributed by atoms with Gasteiger partial charge in [-0.2, -0.15) is 0 Å². The van der Waals surface area contributed by atoms with E-state index in [9.17, 15) is 39.6 Å². The van der Waals surface area contributed by atoms with E-state index >= 15 is 0 Å². The minimum Gasteiger partial charge on any atom is -0.478 e. The van der Waals surface area contributed by atoms with Crippen molar-refractivity contribution in [3.05, 3.63) is 70.3 Å². The van der Waals surface area contributed by atoms with Crippen LogP contribution in [0.25, 0.3) is 10.8 Å². The first-order chi connectivity index (χ1) is 14.1. The smallest absolute Gasteiger partial charge is 0.338 e. The van der Waals surface area contributed by atoms with Crippen molar-refractivity contribution < 1.29 is 39.6 Å². The van der Waals surface area contributed by atoms with Crippen LogP contribution in [0.4, 0.5) is 11.4 Å². The number of aromatic carboxylic acids is 4. The van der Waals surface area contributed by atoms with E-state index in [-0.39, 0.29) is 5.69 Å². The van der Waals surface area contributed by atoms with Crippen LogP contribution in [-0.2, 0) is 0 Å². The van der Waals surface area contributed by atoms with Gasteiger partial charge in [-0.25, -0.2) is 19.2 Å². The Morgan fingerprint density at radius 1 is 0.667 bits per heavy atom. The number of aryl methyl sites for hydroxylation is 1. The summed E-state index contributed by atoms with van der Waals surface area (Å²) in [6, 6.07) is 9.64. The Bertz CT molecular complexity index is 1230. The van der Waals surface area contributed by atoms with Crippen molar-refractivity contribution in [3.63, 3.8) is 0 Å². The fraction of sp³-hybridized carbons (Fsp3) is 0.0476. The Labute approximate surface area is 168 Å². The second-order valence-corrected chi connectivity index (χ2v) is 6.47. The lowest BCUT2D eigenvalue weighted by atomic mass is 9.90. The number of hydrogen-bond acceptors (Lipinski definition) is 5. The summed E-state index contributed by atoms with van der Waals surface area (Å²) < 4.78 is 0. The third kappa shape index (κ3) is 3.51. The lowest BCUT2D eigenvalue weighted by Crippen LogP contribution is -2.13. The van der Waals surface area contributed by atoms with Gasteiger partial charge < -0.3 is 25.7 Å². The highest BCUT2D eigenvalue weighted by atomic mass is 16.4. The maximum atomic E-state index is 12.1. The van der Waals surface area contributed by atoms with Gasteiger partial charge >= 0.3 is 23.9 Å². The lowest BCUT2D eigenvalue weighted by Gasteiger charge is -2.17. The first-order valence-corrected chi connectivity index (χ1v) is 8.52. The fourth-order valence-corrected chi connectivity index (χ4v) is 3.20. The zero-order valence-electron chi connectivity index (χ0n) is 15.5. The maximum absolute atomic E-state index is 12.1. The summed E-state index contributed by atoms with van der Waals surface area (Å²) in [7, 11) is 0. The van der Waals surface area contributed by atoms with Crippen LogP contribution < -0.4 is 5.32 Å². The third-order valence-corrected chi connectivity index (χ3v) is 4.52. The summed E-state index contributed by atoms with van der Waals surface area (Å²) >= 11 is 0. The number of carbonyl (C=O) groups is 4. The normalized spacial score (nSPS) is 10.6. The van der Waals surface area contributed by atoms with E-state index in [1.54, 1.807) is 24.3 Å². The molecule has 3 aromatic rings. The molecule has 0 aromatic heterocycles. The molecule has 5 N–H and O–H groups in total. The number of carboxylic acid groups (broad SMARTS) is 4. The molecule has 0 spiro atoms. The molecular weight excluding hydrogens is 394 g/mol. The van der Waals surface area contributed by atoms with Gasteiger partial charge in [-0.15, -0.1) is 0 Å². The van der Waals surface area contributed by atoms with Gasteiger partial charge in [0.1, 0.15) is 0 Å². The highest BCUT2D eigenvalue weighted by Gasteiger charge is 2.28. The standard InChI is InChI=1S/C21H15NO8/c1-9-2-4-10(5-3-9)22-14-8-13(20(27)28)15-11(18(23)24)6-7-12(19(25)26)16(15)17(14)21(29)30/h2-8,22H,1H3,(H,23,24)(H,25,26)(H,27,28)(H,29,30). The molecule has 3 aromatic carbocycles. The summed E-state index contributed by atoms with van der Waals surface area (Å²) in [4.78, 5) is 47.4. The van der Waals surface area contributed by atoms with E-state index in [0.29, 0.717) is 5.69 Å². The zero-order valence-corrected chi connectivity index (χ0v) is 15.5. The Morgan fingerprint density at radius 2 is 1.17 bits per heavy atom. The van der Waals surface area contributed by atoms with Gasteiger partial charge in [-0.1, -0.05) is 17.7 Å². The van der Waals surface area contributed by atoms with E-state index < -0.39 is 56.9 Å². The van der Waals surface area contributed by atoms with Gasteiger partial charge in [0, 0.05) is 16.5 Å². The van der Waals surface area contributed by atoms with Gasteiger partial charge in [0.15, 0.2) is 0 Å². The van der Waals surface area contributed by atoms with Gasteiger partial charge in [-0.05, 0) is 37.3 Å². The molecule has 0 aliphatic heterocycles. The van der Waals surface area contributed by atoms with E-state index in [1.165, 1.54) is 0 Å². The molecule has 3 rings (SSSR count). The molecule has 0 fully saturated rings. The first kappa shape index (κ1) is 20.3. The molecule has 9 heteroatoms. The third-order valence-electron chi connectivity index (χ3n) is 4.52. The minimum atomic E-state index is -1.54. The molecule has 9 nitrogen and oxygen atoms in total. The lowest BCUT2D eigenvalue weighted by molar-refractivity contribution is 0.0676. The van der Waals surface area contributed by atoms with Gasteiger partial charge in [-0.3, -0.25) is 0 Å². The molecule has 0 heterocycles. The molecule has 0 aliphatic carbocycles. The van der Waals surface area contributed by atoms with E-state index in [2.05, 4.69) is 5.32 Å². The predicted octanol–water partition coefficient (Wildman–Crippen LogP) is 3.68. The molecule has 152 valence electrons. The molecule has 0 radical (unpaired) electrons. The Hall–Kier alpha value is -4.40. The molecule has 0 saturated heterocycles. The van der Waals surface area contributed by atoms with Crippen molar-refractivity contribution in [1.82, 2.24) is 0 Å². The second-order valence-electron chi connectivity index (χ2n) is 6.47. The molecule has 0 amide bonds. The Morgan fingerprint density at radius 3 is 1.63 bits per heavy atom. The number of fused-ring (bicyclic) bond motifs is 1. The molecule has 0 aliphatic rings. The molecule has 30 heavy (non-hydrogen) atoms. The van der Waals surface area contributed by atoms with Crippen molar-refractivity contribution in [3.8, 4) is 0 Å². The predicted molar refractivity (Wildman–Crippen MR) is 106 cm³/mol. The SMILES string of the molecule is Cc1ccc(Nc2cc(C(=O)O)c3c(C(=O)O)ccc(C(=O)O)c3c2C(=O)O)cc1. The molecule has 0 saturated carbocycles. The molecule has 0 bridgehead atoms. The van der Waals surface area contributed by atoms with Crippen LogP contribution in [0.1, 0.15) is 47.0 Å². The summed E-state index contributed by atoms with van der Waals surface area (Å²) in [5.74, 6) is -6.12. The summed E-state index contributed by atoms with van der Waals surface area (Å²) in [5, 5.41) is 40.4. The summed E-state index contributed by atoms with van der Waals surface area (Å²) in [6.07, 6.45) is 0. The maximum Gasteiger partial charge on any atom is 0.338 e. The largest absolute Gasteiger partial charge is 0.478 e. The highest BCUT2D eigenvalue weighted by Crippen LogP contribution is 2.36. The van der Waals surface area contributed by atoms with Gasteiger partial charge in [0.25, 0.3) is 0 Å². The molecule has 0 atom stereocenters. The average Bonchev–Trinajstić information content (AvgIpc) is 2.67. The van der Waals surface area contributed by atoms with E-state index in [0.717, 1.165) is 23.8 Å². The van der Waals surface area contributed by atoms with Gasteiger partial charge in [0.2, 0.25) is 0 Å². The summed E-state index contributed by atoms with van der Waals surface area (Å²) in [6.45, 7) is 1.84. The van der Waals surface area contributed by atoms with Crippen LogP contribution in [0.15, 0.2) is 42.5 Å². The van der Waals surface area contributed by atoms with Crippen molar-refractivity contribution in [2.75, 3.05) is 5.32 Å². The van der Waals surface area contributed by atoms with E-state index in [1.807, 2.05) is 6.92 Å². The topological polar surface area (TPSA) is 161 Å². The average molecular weight is 409 g/mol. The van der Waals surface area contributed by atoms with Crippen molar-refractivity contribution >= 4 is 46.0 Å². The Balaban J connectivity index is 2.50. The van der Waals surface area contributed by atoms with Crippen molar-refractivity contribution in [2.24, 2.45) is 0 Å². The van der Waals surface area contributed by atoms with E-state index in [4.69, 9.17) is 0 Å². The van der Waals surface area contributed by atoms with Crippen molar-refractivity contribution in [2.45, 2.75) is 6.92 Å². The minimum absolute atomic E-state index is 0.179. The molecule has 0 unspecified atom stereocenters. The van der Waals surface area contributed by atoms with Crippen LogP contribution >= 0.6 is 0 Å². The number of hydrogen-bond donors (Lipinski definition) is 5. The van der Waals surface area contributed by atoms with Crippen LogP contribution in [0, 0.1) is 6.92 Å². The van der Waals surface area contributed by atoms with Crippen molar-refractivity contribution in [1.29, 1.82) is 0 Å². The first-order valence-electron chi connectivity index (χ1n) is 8.52. The quantitative estimate of drug-likeness (QED) is 0.409. The number of benzene rings is 3. The summed E-state index contributed by atoms with van der Waals surface area (Å²) in [5.41, 5.74) is -0.935. The number of carboxylic acids is 4. The number of rotatable bonds is 6. The molecular formula is C21H15NO8. The number of nitrogens with one attached hydrogen (secondary N) is 1. The van der Waals surface area contributed by atoms with Crippen LogP contribution in [-0.4, -0.2) is 44.3 Å². The zero-order chi connectivity index (χ0) is 22.2. The van der Waals surface area contributed by atoms with Crippen LogP contribution in [0.3, 0.4) is 0 Å². The Kier molecular flexibility index (Phi) is 5.12.